The lowest BCUT2D eigenvalue weighted by Gasteiger charge is -2.36. The van der Waals surface area contributed by atoms with Gasteiger partial charge < -0.3 is 24.0 Å². The maximum Gasteiger partial charge on any atom is 0.514 e. The lowest BCUT2D eigenvalue weighted by atomic mass is 10.1. The van der Waals surface area contributed by atoms with Crippen LogP contribution in [0.3, 0.4) is 0 Å². The Morgan fingerprint density at radius 3 is 2.47 bits per heavy atom. The van der Waals surface area contributed by atoms with Crippen LogP contribution in [0.5, 0.6) is 5.75 Å². The number of hydrogen-bond donors (Lipinski definition) is 0. The quantitative estimate of drug-likeness (QED) is 0.212. The Balaban J connectivity index is 1.61. The highest BCUT2D eigenvalue weighted by Gasteiger charge is 2.21. The molecule has 0 saturated carbocycles. The van der Waals surface area contributed by atoms with Crippen LogP contribution in [0.4, 0.5) is 16.2 Å². The molecule has 0 aromatic heterocycles. The number of carbonyl (C=O) groups excluding carboxylic acids is 2. The second kappa shape index (κ2) is 11.0. The Kier molecular flexibility index (Phi) is 7.91. The fourth-order valence-corrected chi connectivity index (χ4v) is 3.31. The van der Waals surface area contributed by atoms with E-state index in [2.05, 4.69) is 14.9 Å². The summed E-state index contributed by atoms with van der Waals surface area (Å²) in [5.41, 5.74) is 11.8. The molecule has 3 rings (SSSR count). The van der Waals surface area contributed by atoms with Gasteiger partial charge in [0.05, 0.1) is 0 Å². The van der Waals surface area contributed by atoms with Crippen LogP contribution < -0.4 is 9.64 Å². The zero-order valence-electron chi connectivity index (χ0n) is 18.1. The van der Waals surface area contributed by atoms with Crippen molar-refractivity contribution in [3.8, 4) is 5.75 Å². The molecule has 0 atom stereocenters. The standard InChI is InChI=1S/C22H25N5O5/c1-16-3-7-19(8-4-16)32-22(29)31-14-17-5-6-18(13-20(17)24-25-23)26-9-11-27(12-10-26)21(28)15-30-2/h3-8,13H,9-12,14-15H2,1-2H3. The predicted octanol–water partition coefficient (Wildman–Crippen LogP) is 3.95. The van der Waals surface area contributed by atoms with Gasteiger partial charge in [-0.1, -0.05) is 28.9 Å². The van der Waals surface area contributed by atoms with Gasteiger partial charge in [-0.2, -0.15) is 0 Å². The molecule has 10 nitrogen and oxygen atoms in total. The van der Waals surface area contributed by atoms with Crippen LogP contribution >= 0.6 is 0 Å². The molecular weight excluding hydrogens is 414 g/mol. The summed E-state index contributed by atoms with van der Waals surface area (Å²) in [7, 11) is 1.50. The SMILES string of the molecule is COCC(=O)N1CCN(c2ccc(COC(=O)Oc3ccc(C)cc3)c(N=[N+]=[N-])c2)CC1. The van der Waals surface area contributed by atoms with E-state index in [0.717, 1.165) is 11.3 Å². The van der Waals surface area contributed by atoms with Crippen molar-refractivity contribution in [3.63, 3.8) is 0 Å². The topological polar surface area (TPSA) is 117 Å². The molecule has 2 aromatic rings. The Bertz CT molecular complexity index is 996. The second-order valence-corrected chi connectivity index (χ2v) is 7.26. The average Bonchev–Trinajstić information content (AvgIpc) is 2.80. The van der Waals surface area contributed by atoms with Gasteiger partial charge in [0.15, 0.2) is 0 Å². The van der Waals surface area contributed by atoms with Crippen LogP contribution in [0.1, 0.15) is 11.1 Å². The molecule has 1 aliphatic heterocycles. The van der Waals surface area contributed by atoms with Crippen LogP contribution in [0.15, 0.2) is 47.6 Å². The maximum atomic E-state index is 12.0. The van der Waals surface area contributed by atoms with E-state index in [1.165, 1.54) is 7.11 Å². The molecule has 0 bridgehead atoms. The van der Waals surface area contributed by atoms with Gasteiger partial charge in [-0.05, 0) is 42.3 Å². The first-order valence-electron chi connectivity index (χ1n) is 10.1. The van der Waals surface area contributed by atoms with Crippen LogP contribution in [-0.2, 0) is 20.9 Å². The number of rotatable bonds is 7. The molecule has 32 heavy (non-hydrogen) atoms. The van der Waals surface area contributed by atoms with Gasteiger partial charge in [-0.25, -0.2) is 4.79 Å². The molecule has 10 heteroatoms. The summed E-state index contributed by atoms with van der Waals surface area (Å²) in [6, 6.07) is 12.4. The minimum absolute atomic E-state index is 0.0352. The van der Waals surface area contributed by atoms with Gasteiger partial charge in [-0.15, -0.1) is 0 Å². The zero-order chi connectivity index (χ0) is 22.9. The van der Waals surface area contributed by atoms with E-state index in [9.17, 15) is 9.59 Å². The summed E-state index contributed by atoms with van der Waals surface area (Å²) < 4.78 is 15.2. The van der Waals surface area contributed by atoms with E-state index >= 15 is 0 Å². The zero-order valence-corrected chi connectivity index (χ0v) is 18.1. The number of methoxy groups -OCH3 is 1. The van der Waals surface area contributed by atoms with Gasteiger partial charge in [-0.3, -0.25) is 4.79 Å². The molecule has 0 radical (unpaired) electrons. The summed E-state index contributed by atoms with van der Waals surface area (Å²) in [6.07, 6.45) is -0.846. The van der Waals surface area contributed by atoms with Crippen molar-refractivity contribution in [2.75, 3.05) is 44.8 Å². The first kappa shape index (κ1) is 22.9. The molecule has 1 aliphatic rings. The minimum Gasteiger partial charge on any atom is -0.429 e. The van der Waals surface area contributed by atoms with Crippen molar-refractivity contribution in [2.45, 2.75) is 13.5 Å². The molecule has 1 heterocycles. The smallest absolute Gasteiger partial charge is 0.429 e. The third-order valence-corrected chi connectivity index (χ3v) is 5.05. The molecule has 2 aromatic carbocycles. The number of aryl methyl sites for hydroxylation is 1. The molecule has 0 N–H and O–H groups in total. The molecule has 1 fully saturated rings. The van der Waals surface area contributed by atoms with Crippen molar-refractivity contribution in [1.29, 1.82) is 0 Å². The third kappa shape index (κ3) is 6.13. The number of ether oxygens (including phenoxy) is 3. The van der Waals surface area contributed by atoms with E-state index in [4.69, 9.17) is 19.7 Å². The highest BCUT2D eigenvalue weighted by molar-refractivity contribution is 5.77. The van der Waals surface area contributed by atoms with E-state index in [0.29, 0.717) is 43.2 Å². The first-order valence-corrected chi connectivity index (χ1v) is 10.1. The largest absolute Gasteiger partial charge is 0.514 e. The number of benzene rings is 2. The van der Waals surface area contributed by atoms with E-state index in [1.54, 1.807) is 29.2 Å². The van der Waals surface area contributed by atoms with Crippen LogP contribution in [0.2, 0.25) is 0 Å². The van der Waals surface area contributed by atoms with Crippen LogP contribution in [0, 0.1) is 6.92 Å². The number of amides is 1. The van der Waals surface area contributed by atoms with Crippen LogP contribution in [0.25, 0.3) is 10.4 Å². The van der Waals surface area contributed by atoms with E-state index in [1.807, 2.05) is 25.1 Å². The van der Waals surface area contributed by atoms with Gasteiger partial charge in [0, 0.05) is 49.6 Å². The first-order chi connectivity index (χ1) is 15.5. The summed E-state index contributed by atoms with van der Waals surface area (Å²) in [5.74, 6) is 0.348. The molecule has 0 spiro atoms. The third-order valence-electron chi connectivity index (χ3n) is 5.05. The van der Waals surface area contributed by atoms with Gasteiger partial charge in [0.25, 0.3) is 0 Å². The lowest BCUT2D eigenvalue weighted by Crippen LogP contribution is -2.49. The maximum absolute atomic E-state index is 12.0. The molecule has 1 saturated heterocycles. The van der Waals surface area contributed by atoms with Crippen molar-refractivity contribution in [2.24, 2.45) is 5.11 Å². The molecule has 1 amide bonds. The number of piperazine rings is 1. The Morgan fingerprint density at radius 2 is 1.81 bits per heavy atom. The Labute approximate surface area is 185 Å². The lowest BCUT2D eigenvalue weighted by molar-refractivity contribution is -0.135. The number of carbonyl (C=O) groups is 2. The Hall–Kier alpha value is -3.75. The predicted molar refractivity (Wildman–Crippen MR) is 118 cm³/mol. The number of hydrogen-bond acceptors (Lipinski definition) is 7. The Morgan fingerprint density at radius 1 is 1.09 bits per heavy atom. The normalized spacial score (nSPS) is 13.3. The summed E-state index contributed by atoms with van der Waals surface area (Å²) in [5, 5.41) is 3.74. The van der Waals surface area contributed by atoms with Crippen molar-refractivity contribution >= 4 is 23.4 Å². The number of anilines is 1. The number of azide groups is 1. The van der Waals surface area contributed by atoms with Gasteiger partial charge >= 0.3 is 6.16 Å². The fourth-order valence-electron chi connectivity index (χ4n) is 3.31. The summed E-state index contributed by atoms with van der Waals surface area (Å²) in [6.45, 7) is 4.35. The minimum atomic E-state index is -0.846. The summed E-state index contributed by atoms with van der Waals surface area (Å²) >= 11 is 0. The summed E-state index contributed by atoms with van der Waals surface area (Å²) in [4.78, 5) is 30.7. The van der Waals surface area contributed by atoms with Crippen molar-refractivity contribution in [1.82, 2.24) is 4.90 Å². The average molecular weight is 439 g/mol. The van der Waals surface area contributed by atoms with E-state index < -0.39 is 6.16 Å². The highest BCUT2D eigenvalue weighted by Crippen LogP contribution is 2.28. The molecule has 0 aliphatic carbocycles. The monoisotopic (exact) mass is 439 g/mol. The van der Waals surface area contributed by atoms with Crippen molar-refractivity contribution < 1.29 is 23.8 Å². The van der Waals surface area contributed by atoms with E-state index in [-0.39, 0.29) is 19.1 Å². The second-order valence-electron chi connectivity index (χ2n) is 7.26. The van der Waals surface area contributed by atoms with Crippen LogP contribution in [-0.4, -0.2) is 56.9 Å². The highest BCUT2D eigenvalue weighted by atomic mass is 16.7. The van der Waals surface area contributed by atoms with Gasteiger partial charge in [0.1, 0.15) is 19.0 Å². The molecule has 0 unspecified atom stereocenters. The van der Waals surface area contributed by atoms with Crippen molar-refractivity contribution in [3.05, 3.63) is 64.0 Å². The van der Waals surface area contributed by atoms with Gasteiger partial charge in [0.2, 0.25) is 5.91 Å². The molecular formula is C22H25N5O5. The fraction of sp³-hybridized carbons (Fsp3) is 0.364. The molecule has 168 valence electrons. The number of nitrogens with zero attached hydrogens (tertiary/aromatic N) is 5.